The van der Waals surface area contributed by atoms with Gasteiger partial charge < -0.3 is 24.9 Å². The first-order chi connectivity index (χ1) is 16.3. The highest BCUT2D eigenvalue weighted by molar-refractivity contribution is 5.96. The lowest BCUT2D eigenvalue weighted by Gasteiger charge is -2.43. The number of hydrogen-bond acceptors (Lipinski definition) is 4. The van der Waals surface area contributed by atoms with Crippen LogP contribution in [0.1, 0.15) is 18.4 Å². The van der Waals surface area contributed by atoms with Gasteiger partial charge in [-0.3, -0.25) is 9.59 Å². The predicted molar refractivity (Wildman–Crippen MR) is 126 cm³/mol. The van der Waals surface area contributed by atoms with Crippen LogP contribution in [0.5, 0.6) is 0 Å². The van der Waals surface area contributed by atoms with Crippen LogP contribution in [0.25, 0.3) is 0 Å². The lowest BCUT2D eigenvalue weighted by Crippen LogP contribution is -2.58. The Labute approximate surface area is 198 Å². The highest BCUT2D eigenvalue weighted by atomic mass is 19.1. The summed E-state index contributed by atoms with van der Waals surface area (Å²) in [4.78, 5) is 45.7. The number of rotatable bonds is 5. The van der Waals surface area contributed by atoms with E-state index in [2.05, 4.69) is 10.2 Å². The highest BCUT2D eigenvalue weighted by Crippen LogP contribution is 2.39. The van der Waals surface area contributed by atoms with E-state index in [9.17, 15) is 18.8 Å². The number of nitrogens with one attached hydrogen (secondary N) is 1. The third-order valence-electron chi connectivity index (χ3n) is 6.56. The molecule has 1 N–H and O–H groups in total. The number of carbonyl (C=O) groups excluding carboxylic acids is 3. The first kappa shape index (κ1) is 23.5. The Kier molecular flexibility index (Phi) is 6.72. The molecule has 2 aliphatic rings. The Balaban J connectivity index is 1.47. The number of likely N-dealkylation sites (tertiary alicyclic amines) is 1. The number of halogens is 1. The molecular formula is C25H30FN5O3. The van der Waals surface area contributed by atoms with Crippen molar-refractivity contribution < 1.29 is 18.8 Å². The lowest BCUT2D eigenvalue weighted by atomic mass is 9.85. The highest BCUT2D eigenvalue weighted by Gasteiger charge is 2.54. The van der Waals surface area contributed by atoms with Gasteiger partial charge in [0.15, 0.2) is 0 Å². The van der Waals surface area contributed by atoms with Gasteiger partial charge in [0, 0.05) is 39.4 Å². The van der Waals surface area contributed by atoms with E-state index in [1.807, 2.05) is 30.3 Å². The molecule has 180 valence electrons. The van der Waals surface area contributed by atoms with Crippen molar-refractivity contribution in [3.63, 3.8) is 0 Å². The zero-order valence-corrected chi connectivity index (χ0v) is 19.5. The topological polar surface area (TPSA) is 76.2 Å². The molecule has 2 heterocycles. The molecule has 1 spiro atoms. The minimum atomic E-state index is -0.790. The summed E-state index contributed by atoms with van der Waals surface area (Å²) in [5, 5.41) is 2.81. The van der Waals surface area contributed by atoms with E-state index in [1.54, 1.807) is 40.9 Å². The summed E-state index contributed by atoms with van der Waals surface area (Å²) >= 11 is 0. The number of amides is 4. The van der Waals surface area contributed by atoms with Crippen LogP contribution < -0.4 is 10.2 Å². The van der Waals surface area contributed by atoms with E-state index in [-0.39, 0.29) is 36.8 Å². The number of anilines is 1. The SMILES string of the molecule is CN(C)C(=O)N1CCC2(CC1)C(=O)N(CC(=O)NCc1ccc(F)cc1)CN2c1ccccc1. The van der Waals surface area contributed by atoms with Crippen molar-refractivity contribution in [1.82, 2.24) is 20.0 Å². The summed E-state index contributed by atoms with van der Waals surface area (Å²) in [6, 6.07) is 15.6. The van der Waals surface area contributed by atoms with Gasteiger partial charge in [0.25, 0.3) is 5.91 Å². The quantitative estimate of drug-likeness (QED) is 0.732. The first-order valence-corrected chi connectivity index (χ1v) is 11.4. The average Bonchev–Trinajstić information content (AvgIpc) is 3.10. The molecule has 0 radical (unpaired) electrons. The van der Waals surface area contributed by atoms with Gasteiger partial charge in [-0.1, -0.05) is 30.3 Å². The van der Waals surface area contributed by atoms with Crippen LogP contribution >= 0.6 is 0 Å². The van der Waals surface area contributed by atoms with Crippen LogP contribution in [0.2, 0.25) is 0 Å². The van der Waals surface area contributed by atoms with Crippen molar-refractivity contribution >= 4 is 23.5 Å². The summed E-state index contributed by atoms with van der Waals surface area (Å²) in [6.07, 6.45) is 0.988. The number of urea groups is 1. The van der Waals surface area contributed by atoms with Crippen LogP contribution in [0, 0.1) is 5.82 Å². The second-order valence-electron chi connectivity index (χ2n) is 9.01. The molecule has 2 fully saturated rings. The molecule has 0 unspecified atom stereocenters. The maximum absolute atomic E-state index is 13.7. The molecule has 2 aromatic carbocycles. The molecule has 0 bridgehead atoms. The van der Waals surface area contributed by atoms with Gasteiger partial charge in [-0.25, -0.2) is 9.18 Å². The Morgan fingerprint density at radius 2 is 1.68 bits per heavy atom. The fourth-order valence-electron chi connectivity index (χ4n) is 4.71. The molecule has 2 saturated heterocycles. The first-order valence-electron chi connectivity index (χ1n) is 11.4. The summed E-state index contributed by atoms with van der Waals surface area (Å²) < 4.78 is 13.1. The summed E-state index contributed by atoms with van der Waals surface area (Å²) in [5.74, 6) is -0.699. The van der Waals surface area contributed by atoms with Gasteiger partial charge in [0.2, 0.25) is 5.91 Å². The van der Waals surface area contributed by atoms with E-state index in [1.165, 1.54) is 12.1 Å². The standard InChI is InChI=1S/C25H30FN5O3/c1-28(2)24(34)29-14-12-25(13-15-29)23(33)30(18-31(25)21-6-4-3-5-7-21)17-22(32)27-16-19-8-10-20(26)11-9-19/h3-11H,12-18H2,1-2H3,(H,27,32). The van der Waals surface area contributed by atoms with Gasteiger partial charge in [0.1, 0.15) is 17.9 Å². The van der Waals surface area contributed by atoms with Crippen LogP contribution in [0.3, 0.4) is 0 Å². The van der Waals surface area contributed by atoms with Crippen molar-refractivity contribution in [3.8, 4) is 0 Å². The van der Waals surface area contributed by atoms with Crippen molar-refractivity contribution in [2.75, 3.05) is 45.3 Å². The van der Waals surface area contributed by atoms with Gasteiger partial charge in [-0.2, -0.15) is 0 Å². The normalized spacial score (nSPS) is 17.3. The second-order valence-corrected chi connectivity index (χ2v) is 9.01. The molecule has 8 nitrogen and oxygen atoms in total. The molecular weight excluding hydrogens is 437 g/mol. The van der Waals surface area contributed by atoms with Crippen molar-refractivity contribution in [1.29, 1.82) is 0 Å². The van der Waals surface area contributed by atoms with E-state index in [0.29, 0.717) is 32.6 Å². The molecule has 0 atom stereocenters. The number of nitrogens with zero attached hydrogens (tertiary/aromatic N) is 4. The summed E-state index contributed by atoms with van der Waals surface area (Å²) in [5.41, 5.74) is 0.905. The van der Waals surface area contributed by atoms with Gasteiger partial charge >= 0.3 is 6.03 Å². The Hall–Kier alpha value is -3.62. The third-order valence-corrected chi connectivity index (χ3v) is 6.56. The monoisotopic (exact) mass is 467 g/mol. The maximum Gasteiger partial charge on any atom is 0.319 e. The lowest BCUT2D eigenvalue weighted by molar-refractivity contribution is -0.137. The van der Waals surface area contributed by atoms with Gasteiger partial charge in [0.05, 0.1) is 6.67 Å². The Morgan fingerprint density at radius 1 is 1.03 bits per heavy atom. The zero-order chi connectivity index (χ0) is 24.3. The molecule has 9 heteroatoms. The molecule has 0 aliphatic carbocycles. The number of carbonyl (C=O) groups is 3. The van der Waals surface area contributed by atoms with E-state index in [4.69, 9.17) is 0 Å². The summed E-state index contributed by atoms with van der Waals surface area (Å²) in [7, 11) is 3.44. The van der Waals surface area contributed by atoms with Crippen LogP contribution in [0.4, 0.5) is 14.9 Å². The van der Waals surface area contributed by atoms with Crippen LogP contribution in [0.15, 0.2) is 54.6 Å². The zero-order valence-electron chi connectivity index (χ0n) is 19.5. The molecule has 0 aromatic heterocycles. The van der Waals surface area contributed by atoms with E-state index < -0.39 is 5.54 Å². The predicted octanol–water partition coefficient (Wildman–Crippen LogP) is 2.26. The molecule has 4 rings (SSSR count). The van der Waals surface area contributed by atoms with Crippen molar-refractivity contribution in [2.24, 2.45) is 0 Å². The van der Waals surface area contributed by atoms with Gasteiger partial charge in [-0.15, -0.1) is 0 Å². The minimum Gasteiger partial charge on any atom is -0.350 e. The molecule has 4 amide bonds. The summed E-state index contributed by atoms with van der Waals surface area (Å²) in [6.45, 7) is 1.43. The Morgan fingerprint density at radius 3 is 2.29 bits per heavy atom. The average molecular weight is 468 g/mol. The number of para-hydroxylation sites is 1. The fourth-order valence-corrected chi connectivity index (χ4v) is 4.71. The molecule has 34 heavy (non-hydrogen) atoms. The van der Waals surface area contributed by atoms with Crippen molar-refractivity contribution in [2.45, 2.75) is 24.9 Å². The van der Waals surface area contributed by atoms with Crippen molar-refractivity contribution in [3.05, 3.63) is 66.0 Å². The van der Waals surface area contributed by atoms with E-state index in [0.717, 1.165) is 11.3 Å². The number of benzene rings is 2. The number of piperidine rings is 1. The Bertz CT molecular complexity index is 1040. The van der Waals surface area contributed by atoms with Crippen LogP contribution in [-0.2, 0) is 16.1 Å². The molecule has 0 saturated carbocycles. The smallest absolute Gasteiger partial charge is 0.319 e. The maximum atomic E-state index is 13.7. The van der Waals surface area contributed by atoms with E-state index >= 15 is 0 Å². The van der Waals surface area contributed by atoms with Gasteiger partial charge in [-0.05, 0) is 42.7 Å². The minimum absolute atomic E-state index is 0.0640. The third kappa shape index (κ3) is 4.69. The number of hydrogen-bond donors (Lipinski definition) is 1. The largest absolute Gasteiger partial charge is 0.350 e. The van der Waals surface area contributed by atoms with Crippen LogP contribution in [-0.4, -0.2) is 78.5 Å². The second kappa shape index (κ2) is 9.70. The molecule has 2 aliphatic heterocycles. The fraction of sp³-hybridized carbons (Fsp3) is 0.400. The molecule has 2 aromatic rings.